The zero-order chi connectivity index (χ0) is 30.0. The van der Waals surface area contributed by atoms with Crippen LogP contribution >= 0.6 is 0 Å². The summed E-state index contributed by atoms with van der Waals surface area (Å²) in [6.07, 6.45) is -9.56. The third-order valence-electron chi connectivity index (χ3n) is 7.12. The highest BCUT2D eigenvalue weighted by Gasteiger charge is 2.53. The van der Waals surface area contributed by atoms with E-state index >= 15 is 0 Å². The van der Waals surface area contributed by atoms with Crippen LogP contribution in [-0.2, 0) is 23.8 Å². The molecule has 228 valence electrons. The van der Waals surface area contributed by atoms with Crippen LogP contribution in [0, 0.1) is 5.92 Å². The molecule has 14 nitrogen and oxygen atoms in total. The van der Waals surface area contributed by atoms with E-state index in [0.717, 1.165) is 0 Å². The molecule has 2 aliphatic heterocycles. The van der Waals surface area contributed by atoms with Gasteiger partial charge < -0.3 is 59.7 Å². The summed E-state index contributed by atoms with van der Waals surface area (Å²) in [4.78, 5) is 18.0. The van der Waals surface area contributed by atoms with Crippen molar-refractivity contribution in [3.8, 4) is 11.5 Å². The SMILES string of the molecule is C/C(=C/c1ccc(O[C@@H]2OC(/C(C)=N\OCC(C)C)[C@@H](O)[C@@H]2O)c(O)c1)C(=O)N[C@@H]1[C@H](O)[C@@H](O)[C@H]2OCO[C@H]2[C@@H]1O. The first-order valence-electron chi connectivity index (χ1n) is 13.3. The summed E-state index contributed by atoms with van der Waals surface area (Å²) in [5, 5.41) is 69.1. The topological polar surface area (TPSA) is 209 Å². The molecule has 1 amide bonds. The molecule has 0 spiro atoms. The van der Waals surface area contributed by atoms with Crippen molar-refractivity contribution >= 4 is 17.7 Å². The molecule has 3 fully saturated rings. The number of benzene rings is 1. The summed E-state index contributed by atoms with van der Waals surface area (Å²) in [7, 11) is 0. The molecule has 3 aliphatic rings. The lowest BCUT2D eigenvalue weighted by Crippen LogP contribution is -2.67. The number of aliphatic hydroxyl groups is 5. The smallest absolute Gasteiger partial charge is 0.247 e. The second-order valence-corrected chi connectivity index (χ2v) is 10.9. The van der Waals surface area contributed by atoms with Crippen molar-refractivity contribution in [1.29, 1.82) is 0 Å². The van der Waals surface area contributed by atoms with Crippen LogP contribution in [0.1, 0.15) is 33.3 Å². The molecule has 1 saturated carbocycles. The van der Waals surface area contributed by atoms with Crippen LogP contribution in [0.25, 0.3) is 6.08 Å². The van der Waals surface area contributed by atoms with Crippen LogP contribution in [-0.4, -0.2) is 117 Å². The number of fused-ring (bicyclic) bond motifs is 1. The Labute approximate surface area is 236 Å². The van der Waals surface area contributed by atoms with Crippen LogP contribution in [0.15, 0.2) is 28.9 Å². The Bertz CT molecular complexity index is 1140. The first-order valence-corrected chi connectivity index (χ1v) is 13.3. The molecule has 0 radical (unpaired) electrons. The minimum absolute atomic E-state index is 0.0393. The summed E-state index contributed by atoms with van der Waals surface area (Å²) in [6, 6.07) is 3.05. The van der Waals surface area contributed by atoms with Gasteiger partial charge >= 0.3 is 0 Å². The molecule has 41 heavy (non-hydrogen) atoms. The number of phenolic OH excluding ortho intramolecular Hbond substituents is 1. The number of aliphatic hydroxyl groups excluding tert-OH is 5. The van der Waals surface area contributed by atoms with E-state index in [4.69, 9.17) is 23.8 Å². The van der Waals surface area contributed by atoms with Gasteiger partial charge in [0.25, 0.3) is 0 Å². The van der Waals surface area contributed by atoms with Crippen molar-refractivity contribution in [2.75, 3.05) is 13.4 Å². The molecule has 14 heteroatoms. The zero-order valence-electron chi connectivity index (χ0n) is 23.2. The third-order valence-corrected chi connectivity index (χ3v) is 7.12. The Morgan fingerprint density at radius 2 is 1.73 bits per heavy atom. The van der Waals surface area contributed by atoms with E-state index in [2.05, 4.69) is 10.5 Å². The van der Waals surface area contributed by atoms with Gasteiger partial charge in [-0.05, 0) is 43.5 Å². The number of oxime groups is 1. The fourth-order valence-corrected chi connectivity index (χ4v) is 4.81. The summed E-state index contributed by atoms with van der Waals surface area (Å²) >= 11 is 0. The molecule has 7 N–H and O–H groups in total. The first-order chi connectivity index (χ1) is 19.4. The highest BCUT2D eigenvalue weighted by molar-refractivity contribution is 5.97. The van der Waals surface area contributed by atoms with Crippen molar-refractivity contribution in [3.63, 3.8) is 0 Å². The number of amides is 1. The highest BCUT2D eigenvalue weighted by atomic mass is 16.7. The van der Waals surface area contributed by atoms with E-state index in [1.807, 2.05) is 13.8 Å². The lowest BCUT2D eigenvalue weighted by atomic mass is 9.83. The van der Waals surface area contributed by atoms with Crippen LogP contribution < -0.4 is 10.1 Å². The third kappa shape index (κ3) is 6.81. The maximum Gasteiger partial charge on any atom is 0.247 e. The Morgan fingerprint density at radius 1 is 1.05 bits per heavy atom. The maximum atomic E-state index is 12.8. The number of nitrogens with zero attached hydrogens (tertiary/aromatic N) is 1. The van der Waals surface area contributed by atoms with Gasteiger partial charge in [0.1, 0.15) is 62.2 Å². The van der Waals surface area contributed by atoms with Crippen LogP contribution in [0.3, 0.4) is 0 Å². The molecule has 0 bridgehead atoms. The average Bonchev–Trinajstić information content (AvgIpc) is 3.52. The molecule has 0 aromatic heterocycles. The molecule has 1 aromatic rings. The molecule has 1 unspecified atom stereocenters. The minimum atomic E-state index is -1.49. The number of nitrogens with one attached hydrogen (secondary N) is 1. The summed E-state index contributed by atoms with van der Waals surface area (Å²) < 4.78 is 21.7. The Balaban J connectivity index is 1.38. The number of hydrogen-bond donors (Lipinski definition) is 7. The highest BCUT2D eigenvalue weighted by Crippen LogP contribution is 2.33. The normalized spacial score (nSPS) is 35.9. The van der Waals surface area contributed by atoms with Gasteiger partial charge in [-0.3, -0.25) is 4.79 Å². The van der Waals surface area contributed by atoms with Crippen molar-refractivity contribution in [1.82, 2.24) is 5.32 Å². The largest absolute Gasteiger partial charge is 0.504 e. The van der Waals surface area contributed by atoms with E-state index in [1.54, 1.807) is 6.92 Å². The molecule has 2 heterocycles. The van der Waals surface area contributed by atoms with Gasteiger partial charge in [0.05, 0.1) is 11.8 Å². The molecule has 1 aromatic carbocycles. The number of carbonyl (C=O) groups is 1. The average molecular weight is 583 g/mol. The van der Waals surface area contributed by atoms with Crippen LogP contribution in [0.4, 0.5) is 0 Å². The van der Waals surface area contributed by atoms with Gasteiger partial charge in [0, 0.05) is 5.57 Å². The van der Waals surface area contributed by atoms with Gasteiger partial charge in [0.2, 0.25) is 12.2 Å². The number of ether oxygens (including phenoxy) is 4. The van der Waals surface area contributed by atoms with Gasteiger partial charge in [-0.25, -0.2) is 0 Å². The zero-order valence-corrected chi connectivity index (χ0v) is 23.2. The van der Waals surface area contributed by atoms with Gasteiger partial charge in [-0.15, -0.1) is 0 Å². The standard InChI is InChI=1S/C27H38N2O12/c1-11(2)9-39-29-13(4)23-21(34)22(35)27(41-23)40-16-6-5-14(8-15(16)30)7-12(3)26(36)28-17-18(31)20(33)25-24(19(17)32)37-10-38-25/h5-8,11,17-25,27,30-35H,9-10H2,1-4H3,(H,28,36)/b12-7-,29-13-/t17-,18+,19-,20-,21+,22+,23?,24+,25-,27-/m1/s1. The van der Waals surface area contributed by atoms with Crippen molar-refractivity contribution in [3.05, 3.63) is 29.3 Å². The molecule has 4 rings (SSSR count). The number of rotatable bonds is 9. The second kappa shape index (κ2) is 13.0. The first kappa shape index (κ1) is 31.1. The predicted octanol–water partition coefficient (Wildman–Crippen LogP) is -1.01. The van der Waals surface area contributed by atoms with Crippen molar-refractivity contribution in [2.24, 2.45) is 11.1 Å². The minimum Gasteiger partial charge on any atom is -0.504 e. The monoisotopic (exact) mass is 582 g/mol. The van der Waals surface area contributed by atoms with E-state index in [9.17, 15) is 35.4 Å². The summed E-state index contributed by atoms with van der Waals surface area (Å²) in [6.45, 7) is 7.22. The number of carbonyl (C=O) groups excluding carboxylic acids is 1. The van der Waals surface area contributed by atoms with Crippen LogP contribution in [0.5, 0.6) is 11.5 Å². The van der Waals surface area contributed by atoms with Crippen molar-refractivity contribution in [2.45, 2.75) is 88.9 Å². The van der Waals surface area contributed by atoms with E-state index in [1.165, 1.54) is 31.2 Å². The second-order valence-electron chi connectivity index (χ2n) is 10.9. The van der Waals surface area contributed by atoms with E-state index in [-0.39, 0.29) is 29.8 Å². The Kier molecular flexibility index (Phi) is 9.87. The molecule has 1 aliphatic carbocycles. The van der Waals surface area contributed by atoms with Gasteiger partial charge in [0.15, 0.2) is 11.5 Å². The van der Waals surface area contributed by atoms with Gasteiger partial charge in [-0.2, -0.15) is 0 Å². The molecular weight excluding hydrogens is 544 g/mol. The lowest BCUT2D eigenvalue weighted by molar-refractivity contribution is -0.155. The number of aromatic hydroxyl groups is 1. The molecule has 10 atom stereocenters. The molecular formula is C27H38N2O12. The fraction of sp³-hybridized carbons (Fsp3) is 0.630. The lowest BCUT2D eigenvalue weighted by Gasteiger charge is -2.41. The van der Waals surface area contributed by atoms with E-state index in [0.29, 0.717) is 17.9 Å². The Hall–Kier alpha value is -2.82. The number of phenols is 1. The summed E-state index contributed by atoms with van der Waals surface area (Å²) in [5.41, 5.74) is 0.900. The van der Waals surface area contributed by atoms with E-state index < -0.39 is 67.1 Å². The number of hydrogen-bond acceptors (Lipinski definition) is 13. The molecule has 2 saturated heterocycles. The predicted molar refractivity (Wildman–Crippen MR) is 142 cm³/mol. The fourth-order valence-electron chi connectivity index (χ4n) is 4.81. The van der Waals surface area contributed by atoms with Crippen LogP contribution in [0.2, 0.25) is 0 Å². The van der Waals surface area contributed by atoms with Gasteiger partial charge in [-0.1, -0.05) is 25.1 Å². The Morgan fingerprint density at radius 3 is 2.39 bits per heavy atom. The maximum absolute atomic E-state index is 12.8. The quantitative estimate of drug-likeness (QED) is 0.106. The van der Waals surface area contributed by atoms with Crippen molar-refractivity contribution < 1.29 is 59.2 Å². The summed E-state index contributed by atoms with van der Waals surface area (Å²) in [5.74, 6) is -0.743.